The molecule has 1 saturated heterocycles. The molecule has 5 nitrogen and oxygen atoms in total. The Morgan fingerprint density at radius 1 is 1.20 bits per heavy atom. The van der Waals surface area contributed by atoms with Crippen LogP contribution in [0.1, 0.15) is 31.7 Å². The van der Waals surface area contributed by atoms with Gasteiger partial charge in [0, 0.05) is 37.8 Å². The van der Waals surface area contributed by atoms with Gasteiger partial charge >= 0.3 is 5.97 Å². The summed E-state index contributed by atoms with van der Waals surface area (Å²) in [7, 11) is 0. The monoisotopic (exact) mass is 388 g/mol. The fourth-order valence-electron chi connectivity index (χ4n) is 3.66. The lowest BCUT2D eigenvalue weighted by Gasteiger charge is -2.37. The fraction of sp³-hybridized carbons (Fsp3) is 0.556. The summed E-state index contributed by atoms with van der Waals surface area (Å²) >= 11 is 0. The van der Waals surface area contributed by atoms with Crippen molar-refractivity contribution < 1.29 is 14.7 Å². The number of para-hydroxylation sites is 1. The minimum Gasteiger partial charge on any atom is -0.481 e. The van der Waals surface area contributed by atoms with Gasteiger partial charge in [-0.15, -0.1) is 24.8 Å². The molecule has 2 unspecified atom stereocenters. The summed E-state index contributed by atoms with van der Waals surface area (Å²) in [6.07, 6.45) is 3.22. The molecule has 0 spiro atoms. The third-order valence-electron chi connectivity index (χ3n) is 5.12. The van der Waals surface area contributed by atoms with Crippen molar-refractivity contribution in [2.24, 2.45) is 5.92 Å². The Morgan fingerprint density at radius 2 is 1.92 bits per heavy atom. The average Bonchev–Trinajstić information content (AvgIpc) is 3.04. The van der Waals surface area contributed by atoms with Gasteiger partial charge in [0.15, 0.2) is 0 Å². The molecule has 25 heavy (non-hydrogen) atoms. The van der Waals surface area contributed by atoms with Gasteiger partial charge in [0.1, 0.15) is 0 Å². The van der Waals surface area contributed by atoms with Gasteiger partial charge in [-0.25, -0.2) is 0 Å². The lowest BCUT2D eigenvalue weighted by atomic mass is 9.96. The first-order valence-electron chi connectivity index (χ1n) is 8.41. The molecule has 3 rings (SSSR count). The molecule has 140 valence electrons. The summed E-state index contributed by atoms with van der Waals surface area (Å²) in [6.45, 7) is 3.84. The second kappa shape index (κ2) is 9.30. The highest BCUT2D eigenvalue weighted by Crippen LogP contribution is 2.30. The standard InChI is InChI=1S/C18H24N2O3.2ClH/c1-13-6-7-14-4-2-3-5-16(14)20(13)11-9-17(21)19-10-8-15(12-19)18(22)23;;/h2-5,13,15H,6-12H2,1H3,(H,22,23);2*1H. The number of carbonyl (C=O) groups is 2. The molecule has 0 bridgehead atoms. The van der Waals surface area contributed by atoms with Crippen molar-refractivity contribution in [3.05, 3.63) is 29.8 Å². The number of nitrogens with zero attached hydrogens (tertiary/aromatic N) is 2. The second-order valence-corrected chi connectivity index (χ2v) is 6.62. The van der Waals surface area contributed by atoms with E-state index in [0.29, 0.717) is 38.5 Å². The first-order valence-corrected chi connectivity index (χ1v) is 8.41. The molecule has 1 aromatic rings. The van der Waals surface area contributed by atoms with Gasteiger partial charge in [0.25, 0.3) is 0 Å². The molecule has 0 aliphatic carbocycles. The molecule has 1 amide bonds. The van der Waals surface area contributed by atoms with Crippen LogP contribution in [0, 0.1) is 5.92 Å². The van der Waals surface area contributed by atoms with Gasteiger partial charge in [-0.1, -0.05) is 18.2 Å². The highest BCUT2D eigenvalue weighted by Gasteiger charge is 2.31. The zero-order valence-corrected chi connectivity index (χ0v) is 16.0. The molecule has 0 radical (unpaired) electrons. The Morgan fingerprint density at radius 3 is 2.60 bits per heavy atom. The third-order valence-corrected chi connectivity index (χ3v) is 5.12. The number of anilines is 1. The van der Waals surface area contributed by atoms with Gasteiger partial charge in [0.2, 0.25) is 5.91 Å². The molecule has 2 aliphatic rings. The van der Waals surface area contributed by atoms with Crippen molar-refractivity contribution in [2.75, 3.05) is 24.5 Å². The van der Waals surface area contributed by atoms with Crippen LogP contribution in [-0.2, 0) is 16.0 Å². The van der Waals surface area contributed by atoms with Crippen molar-refractivity contribution in [2.45, 2.75) is 38.6 Å². The number of hydrogen-bond acceptors (Lipinski definition) is 3. The van der Waals surface area contributed by atoms with E-state index >= 15 is 0 Å². The summed E-state index contributed by atoms with van der Waals surface area (Å²) in [6, 6.07) is 8.83. The van der Waals surface area contributed by atoms with Crippen molar-refractivity contribution in [3.63, 3.8) is 0 Å². The Labute approximate surface area is 161 Å². The number of hydrogen-bond donors (Lipinski definition) is 1. The molecular weight excluding hydrogens is 363 g/mol. The van der Waals surface area contributed by atoms with Crippen LogP contribution in [0.25, 0.3) is 0 Å². The molecular formula is C18H26Cl2N2O3. The van der Waals surface area contributed by atoms with E-state index in [0.717, 1.165) is 12.8 Å². The van der Waals surface area contributed by atoms with Crippen LogP contribution in [-0.4, -0.2) is 47.6 Å². The maximum atomic E-state index is 12.4. The molecule has 1 aromatic carbocycles. The maximum absolute atomic E-state index is 12.4. The van der Waals surface area contributed by atoms with E-state index in [1.165, 1.54) is 11.3 Å². The van der Waals surface area contributed by atoms with Crippen LogP contribution in [0.4, 0.5) is 5.69 Å². The number of rotatable bonds is 4. The highest BCUT2D eigenvalue weighted by atomic mass is 35.5. The van der Waals surface area contributed by atoms with Crippen molar-refractivity contribution in [1.29, 1.82) is 0 Å². The van der Waals surface area contributed by atoms with E-state index in [1.807, 2.05) is 6.07 Å². The van der Waals surface area contributed by atoms with E-state index in [9.17, 15) is 9.59 Å². The topological polar surface area (TPSA) is 60.9 Å². The smallest absolute Gasteiger partial charge is 0.308 e. The molecule has 2 atom stereocenters. The molecule has 7 heteroatoms. The number of aliphatic carboxylic acids is 1. The van der Waals surface area contributed by atoms with Crippen molar-refractivity contribution >= 4 is 42.4 Å². The number of halogens is 2. The Kier molecular flexibility index (Phi) is 8.03. The van der Waals surface area contributed by atoms with Crippen LogP contribution >= 0.6 is 24.8 Å². The van der Waals surface area contributed by atoms with Crippen LogP contribution in [0.15, 0.2) is 24.3 Å². The highest BCUT2D eigenvalue weighted by molar-refractivity contribution is 5.85. The minimum atomic E-state index is -0.793. The van der Waals surface area contributed by atoms with E-state index in [2.05, 4.69) is 30.0 Å². The lowest BCUT2D eigenvalue weighted by Crippen LogP contribution is -2.40. The average molecular weight is 389 g/mol. The lowest BCUT2D eigenvalue weighted by molar-refractivity contribution is -0.141. The predicted molar refractivity (Wildman–Crippen MR) is 103 cm³/mol. The number of benzene rings is 1. The first kappa shape index (κ1) is 21.6. The minimum absolute atomic E-state index is 0. The normalized spacial score (nSPS) is 21.8. The number of aryl methyl sites for hydroxylation is 1. The summed E-state index contributed by atoms with van der Waals surface area (Å²) in [5.41, 5.74) is 2.59. The maximum Gasteiger partial charge on any atom is 0.308 e. The molecule has 0 aromatic heterocycles. The van der Waals surface area contributed by atoms with Gasteiger partial charge < -0.3 is 14.9 Å². The number of carboxylic acid groups (broad SMARTS) is 1. The quantitative estimate of drug-likeness (QED) is 0.860. The van der Waals surface area contributed by atoms with Gasteiger partial charge in [-0.3, -0.25) is 9.59 Å². The third kappa shape index (κ3) is 4.79. The summed E-state index contributed by atoms with van der Waals surface area (Å²) in [5.74, 6) is -1.11. The number of carbonyl (C=O) groups excluding carboxylic acids is 1. The van der Waals surface area contributed by atoms with Crippen LogP contribution < -0.4 is 4.90 Å². The fourth-order valence-corrected chi connectivity index (χ4v) is 3.66. The van der Waals surface area contributed by atoms with Crippen LogP contribution in [0.5, 0.6) is 0 Å². The summed E-state index contributed by atoms with van der Waals surface area (Å²) in [4.78, 5) is 27.4. The Balaban J connectivity index is 0.00000156. The second-order valence-electron chi connectivity index (χ2n) is 6.62. The zero-order valence-electron chi connectivity index (χ0n) is 14.4. The Hall–Kier alpha value is -1.46. The first-order chi connectivity index (χ1) is 11.1. The SMILES string of the molecule is CC1CCc2ccccc2N1CCC(=O)N1CCC(C(=O)O)C1.Cl.Cl. The van der Waals surface area contributed by atoms with E-state index in [1.54, 1.807) is 4.90 Å². The summed E-state index contributed by atoms with van der Waals surface area (Å²) < 4.78 is 0. The van der Waals surface area contributed by atoms with Crippen LogP contribution in [0.3, 0.4) is 0 Å². The largest absolute Gasteiger partial charge is 0.481 e. The van der Waals surface area contributed by atoms with E-state index in [-0.39, 0.29) is 30.7 Å². The molecule has 0 saturated carbocycles. The molecule has 1 N–H and O–H groups in total. The van der Waals surface area contributed by atoms with Crippen LogP contribution in [0.2, 0.25) is 0 Å². The number of carboxylic acids is 1. The number of likely N-dealkylation sites (tertiary alicyclic amines) is 1. The van der Waals surface area contributed by atoms with Gasteiger partial charge in [-0.2, -0.15) is 0 Å². The summed E-state index contributed by atoms with van der Waals surface area (Å²) in [5, 5.41) is 9.04. The van der Waals surface area contributed by atoms with Gasteiger partial charge in [0.05, 0.1) is 5.92 Å². The predicted octanol–water partition coefficient (Wildman–Crippen LogP) is 2.99. The van der Waals surface area contributed by atoms with Gasteiger partial charge in [-0.05, 0) is 37.8 Å². The van der Waals surface area contributed by atoms with E-state index < -0.39 is 11.9 Å². The molecule has 2 aliphatic heterocycles. The van der Waals surface area contributed by atoms with Crippen molar-refractivity contribution in [3.8, 4) is 0 Å². The Bertz CT molecular complexity index is 612. The molecule has 1 fully saturated rings. The van der Waals surface area contributed by atoms with Crippen molar-refractivity contribution in [1.82, 2.24) is 4.90 Å². The number of amides is 1. The zero-order chi connectivity index (χ0) is 16.4. The number of fused-ring (bicyclic) bond motifs is 1. The van der Waals surface area contributed by atoms with E-state index in [4.69, 9.17) is 5.11 Å². The molecule has 2 heterocycles.